The summed E-state index contributed by atoms with van der Waals surface area (Å²) >= 11 is 0. The Morgan fingerprint density at radius 2 is 1.80 bits per heavy atom. The summed E-state index contributed by atoms with van der Waals surface area (Å²) < 4.78 is 31.8. The molecular formula is C23H30N2O4S. The van der Waals surface area contributed by atoms with Crippen LogP contribution in [-0.2, 0) is 15.8 Å². The van der Waals surface area contributed by atoms with Crippen LogP contribution in [0.1, 0.15) is 59.3 Å². The van der Waals surface area contributed by atoms with E-state index in [1.807, 2.05) is 32.0 Å². The van der Waals surface area contributed by atoms with E-state index >= 15 is 0 Å². The van der Waals surface area contributed by atoms with Crippen molar-refractivity contribution in [3.05, 3.63) is 64.7 Å². The molecule has 1 saturated heterocycles. The lowest BCUT2D eigenvalue weighted by Gasteiger charge is -2.19. The van der Waals surface area contributed by atoms with E-state index in [1.165, 1.54) is 0 Å². The monoisotopic (exact) mass is 430 g/mol. The Labute approximate surface area is 179 Å². The Bertz CT molecular complexity index is 981. The molecule has 0 aromatic heterocycles. The van der Waals surface area contributed by atoms with Crippen LogP contribution in [-0.4, -0.2) is 38.8 Å². The van der Waals surface area contributed by atoms with Crippen molar-refractivity contribution in [1.82, 2.24) is 9.62 Å². The van der Waals surface area contributed by atoms with Crippen LogP contribution in [0.3, 0.4) is 0 Å². The highest BCUT2D eigenvalue weighted by Crippen LogP contribution is 2.25. The number of sulfonamides is 1. The molecule has 0 spiro atoms. The van der Waals surface area contributed by atoms with Crippen LogP contribution < -0.4 is 10.1 Å². The maximum atomic E-state index is 12.7. The molecule has 2 aromatic carbocycles. The summed E-state index contributed by atoms with van der Waals surface area (Å²) in [6.45, 7) is 5.21. The lowest BCUT2D eigenvalue weighted by Crippen LogP contribution is -2.29. The van der Waals surface area contributed by atoms with Gasteiger partial charge in [0.05, 0.1) is 18.9 Å². The van der Waals surface area contributed by atoms with Gasteiger partial charge in [0, 0.05) is 18.7 Å². The lowest BCUT2D eigenvalue weighted by molar-refractivity contribution is 0.0935. The topological polar surface area (TPSA) is 75.7 Å². The number of hydrogen-bond donors (Lipinski definition) is 1. The lowest BCUT2D eigenvalue weighted by atomic mass is 10.0. The summed E-state index contributed by atoms with van der Waals surface area (Å²) in [5.41, 5.74) is 3.25. The molecule has 1 fully saturated rings. The standard InChI is InChI=1S/C23H30N2O4S/c1-4-21(20-11-12-22(29-3)17(2)15-20)24-23(26)19-9-7-18(8-10-19)16-30(27,28)25-13-5-6-14-25/h7-12,15,21H,4-6,13-14,16H2,1-3H3,(H,24,26). The second-order valence-corrected chi connectivity index (χ2v) is 9.69. The number of ether oxygens (including phenoxy) is 1. The molecule has 1 N–H and O–H groups in total. The summed E-state index contributed by atoms with van der Waals surface area (Å²) in [5.74, 6) is 0.612. The fraction of sp³-hybridized carbons (Fsp3) is 0.435. The molecule has 1 amide bonds. The zero-order valence-corrected chi connectivity index (χ0v) is 18.7. The highest BCUT2D eigenvalue weighted by Gasteiger charge is 2.25. The number of carbonyl (C=O) groups is 1. The molecule has 3 rings (SSSR count). The van der Waals surface area contributed by atoms with Gasteiger partial charge in [0.2, 0.25) is 10.0 Å². The first-order valence-corrected chi connectivity index (χ1v) is 12.0. The number of hydrogen-bond acceptors (Lipinski definition) is 4. The predicted molar refractivity (Wildman–Crippen MR) is 118 cm³/mol. The maximum absolute atomic E-state index is 12.7. The highest BCUT2D eigenvalue weighted by atomic mass is 32.2. The van der Waals surface area contributed by atoms with Gasteiger partial charge in [-0.25, -0.2) is 12.7 Å². The number of amides is 1. The normalized spacial score (nSPS) is 15.7. The molecule has 0 aliphatic carbocycles. The largest absolute Gasteiger partial charge is 0.496 e. The molecule has 1 aliphatic rings. The van der Waals surface area contributed by atoms with E-state index in [9.17, 15) is 13.2 Å². The Balaban J connectivity index is 1.66. The van der Waals surface area contributed by atoms with E-state index in [4.69, 9.17) is 4.74 Å². The summed E-state index contributed by atoms with van der Waals surface area (Å²) in [7, 11) is -1.65. The summed E-state index contributed by atoms with van der Waals surface area (Å²) in [6.07, 6.45) is 2.60. The van der Waals surface area contributed by atoms with Gasteiger partial charge in [-0.2, -0.15) is 0 Å². The number of nitrogens with one attached hydrogen (secondary N) is 1. The van der Waals surface area contributed by atoms with Crippen molar-refractivity contribution in [2.24, 2.45) is 0 Å². The van der Waals surface area contributed by atoms with Gasteiger partial charge in [-0.05, 0) is 61.1 Å². The number of methoxy groups -OCH3 is 1. The first kappa shape index (κ1) is 22.3. The van der Waals surface area contributed by atoms with Gasteiger partial charge in [0.25, 0.3) is 5.91 Å². The van der Waals surface area contributed by atoms with Crippen LogP contribution in [0.15, 0.2) is 42.5 Å². The third kappa shape index (κ3) is 5.21. The molecule has 1 atom stereocenters. The summed E-state index contributed by atoms with van der Waals surface area (Å²) in [4.78, 5) is 12.7. The molecular weight excluding hydrogens is 400 g/mol. The molecule has 1 aliphatic heterocycles. The van der Waals surface area contributed by atoms with Crippen molar-refractivity contribution in [3.63, 3.8) is 0 Å². The van der Waals surface area contributed by atoms with Crippen molar-refractivity contribution in [1.29, 1.82) is 0 Å². The van der Waals surface area contributed by atoms with Crippen molar-refractivity contribution in [3.8, 4) is 5.75 Å². The molecule has 1 unspecified atom stereocenters. The number of aryl methyl sites for hydroxylation is 1. The average molecular weight is 431 g/mol. The van der Waals surface area contributed by atoms with E-state index in [0.717, 1.165) is 36.1 Å². The molecule has 162 valence electrons. The SMILES string of the molecule is CCC(NC(=O)c1ccc(CS(=O)(=O)N2CCCC2)cc1)c1ccc(OC)c(C)c1. The highest BCUT2D eigenvalue weighted by molar-refractivity contribution is 7.88. The molecule has 1 heterocycles. The van der Waals surface area contributed by atoms with Crippen LogP contribution in [0.25, 0.3) is 0 Å². The van der Waals surface area contributed by atoms with Crippen LogP contribution in [0.5, 0.6) is 5.75 Å². The second-order valence-electron chi connectivity index (χ2n) is 7.72. The second kappa shape index (κ2) is 9.62. The number of rotatable bonds is 8. The minimum atomic E-state index is -3.29. The zero-order valence-electron chi connectivity index (χ0n) is 17.8. The maximum Gasteiger partial charge on any atom is 0.251 e. The summed E-state index contributed by atoms with van der Waals surface area (Å²) in [5, 5.41) is 3.07. The zero-order chi connectivity index (χ0) is 21.7. The van der Waals surface area contributed by atoms with Crippen molar-refractivity contribution in [2.45, 2.75) is 44.9 Å². The van der Waals surface area contributed by atoms with Gasteiger partial charge in [0.1, 0.15) is 5.75 Å². The molecule has 6 nitrogen and oxygen atoms in total. The Morgan fingerprint density at radius 3 is 2.37 bits per heavy atom. The number of carbonyl (C=O) groups excluding carboxylic acids is 1. The Hall–Kier alpha value is -2.38. The van der Waals surface area contributed by atoms with Gasteiger partial charge in [-0.3, -0.25) is 4.79 Å². The van der Waals surface area contributed by atoms with Crippen LogP contribution in [0.2, 0.25) is 0 Å². The molecule has 0 radical (unpaired) electrons. The van der Waals surface area contributed by atoms with E-state index < -0.39 is 10.0 Å². The minimum Gasteiger partial charge on any atom is -0.496 e. The van der Waals surface area contributed by atoms with E-state index in [1.54, 1.807) is 35.7 Å². The first-order chi connectivity index (χ1) is 14.3. The number of nitrogens with zero attached hydrogens (tertiary/aromatic N) is 1. The Kier molecular flexibility index (Phi) is 7.15. The number of benzene rings is 2. The smallest absolute Gasteiger partial charge is 0.251 e. The van der Waals surface area contributed by atoms with Crippen LogP contribution in [0.4, 0.5) is 0 Å². The van der Waals surface area contributed by atoms with Crippen molar-refractivity contribution < 1.29 is 17.9 Å². The van der Waals surface area contributed by atoms with Crippen molar-refractivity contribution >= 4 is 15.9 Å². The molecule has 7 heteroatoms. The van der Waals surface area contributed by atoms with Crippen LogP contribution >= 0.6 is 0 Å². The molecule has 2 aromatic rings. The van der Waals surface area contributed by atoms with Gasteiger partial charge >= 0.3 is 0 Å². The summed E-state index contributed by atoms with van der Waals surface area (Å²) in [6, 6.07) is 12.6. The molecule has 30 heavy (non-hydrogen) atoms. The van der Waals surface area contributed by atoms with Crippen molar-refractivity contribution in [2.75, 3.05) is 20.2 Å². The van der Waals surface area contributed by atoms with Crippen LogP contribution in [0, 0.1) is 6.92 Å². The fourth-order valence-electron chi connectivity index (χ4n) is 3.80. The Morgan fingerprint density at radius 1 is 1.13 bits per heavy atom. The average Bonchev–Trinajstić information content (AvgIpc) is 3.28. The fourth-order valence-corrected chi connectivity index (χ4v) is 5.41. The van der Waals surface area contributed by atoms with E-state index in [2.05, 4.69) is 5.32 Å². The quantitative estimate of drug-likeness (QED) is 0.691. The van der Waals surface area contributed by atoms with Gasteiger partial charge in [0.15, 0.2) is 0 Å². The first-order valence-electron chi connectivity index (χ1n) is 10.4. The third-order valence-electron chi connectivity index (χ3n) is 5.56. The molecule has 0 bridgehead atoms. The van der Waals surface area contributed by atoms with E-state index in [0.29, 0.717) is 24.2 Å². The molecule has 0 saturated carbocycles. The predicted octanol–water partition coefficient (Wildman–Crippen LogP) is 3.81. The minimum absolute atomic E-state index is 0.0301. The van der Waals surface area contributed by atoms with Gasteiger partial charge in [-0.15, -0.1) is 0 Å². The van der Waals surface area contributed by atoms with E-state index in [-0.39, 0.29) is 17.7 Å². The van der Waals surface area contributed by atoms with Gasteiger partial charge < -0.3 is 10.1 Å². The third-order valence-corrected chi connectivity index (χ3v) is 7.41. The van der Waals surface area contributed by atoms with Gasteiger partial charge in [-0.1, -0.05) is 31.2 Å².